The molecule has 0 fully saturated rings. The van der Waals surface area contributed by atoms with Crippen LogP contribution in [-0.4, -0.2) is 33.9 Å². The second-order valence-corrected chi connectivity index (χ2v) is 7.22. The SMILES string of the molecule is COCCNCc1ccc(N(C)CC(C)(C)C)cc1Br. The zero-order valence-corrected chi connectivity index (χ0v) is 14.9. The number of rotatable bonds is 7. The monoisotopic (exact) mass is 342 g/mol. The Balaban J connectivity index is 2.63. The Morgan fingerprint density at radius 2 is 2.00 bits per heavy atom. The van der Waals surface area contributed by atoms with Crippen LogP contribution < -0.4 is 10.2 Å². The maximum Gasteiger partial charge on any atom is 0.0587 e. The number of ether oxygens (including phenoxy) is 1. The molecule has 0 aliphatic heterocycles. The van der Waals surface area contributed by atoms with E-state index in [9.17, 15) is 0 Å². The van der Waals surface area contributed by atoms with Gasteiger partial charge in [0.1, 0.15) is 0 Å². The zero-order valence-electron chi connectivity index (χ0n) is 13.3. The van der Waals surface area contributed by atoms with E-state index in [-0.39, 0.29) is 0 Å². The predicted molar refractivity (Wildman–Crippen MR) is 90.4 cm³/mol. The molecule has 3 nitrogen and oxygen atoms in total. The summed E-state index contributed by atoms with van der Waals surface area (Å²) < 4.78 is 6.18. The van der Waals surface area contributed by atoms with Crippen LogP contribution in [0.15, 0.2) is 22.7 Å². The molecule has 0 aliphatic carbocycles. The molecule has 0 radical (unpaired) electrons. The lowest BCUT2D eigenvalue weighted by Gasteiger charge is -2.28. The molecular formula is C16H27BrN2O. The van der Waals surface area contributed by atoms with Crippen LogP contribution >= 0.6 is 15.9 Å². The topological polar surface area (TPSA) is 24.5 Å². The Hall–Kier alpha value is -0.580. The van der Waals surface area contributed by atoms with Crippen molar-refractivity contribution in [2.24, 2.45) is 5.41 Å². The van der Waals surface area contributed by atoms with Gasteiger partial charge in [0.15, 0.2) is 0 Å². The number of methoxy groups -OCH3 is 1. The molecule has 20 heavy (non-hydrogen) atoms. The highest BCUT2D eigenvalue weighted by Gasteiger charge is 2.14. The van der Waals surface area contributed by atoms with Crippen molar-refractivity contribution in [3.05, 3.63) is 28.2 Å². The molecule has 4 heteroatoms. The molecule has 0 saturated heterocycles. The number of hydrogen-bond donors (Lipinski definition) is 1. The average Bonchev–Trinajstić information content (AvgIpc) is 2.34. The second kappa shape index (κ2) is 8.01. The molecular weight excluding hydrogens is 316 g/mol. The molecule has 0 spiro atoms. The molecule has 1 aromatic carbocycles. The van der Waals surface area contributed by atoms with Gasteiger partial charge in [0.25, 0.3) is 0 Å². The maximum atomic E-state index is 5.03. The van der Waals surface area contributed by atoms with E-state index in [0.717, 1.165) is 30.7 Å². The predicted octanol–water partition coefficient (Wildman–Crippen LogP) is 3.67. The van der Waals surface area contributed by atoms with Crippen molar-refractivity contribution < 1.29 is 4.74 Å². The van der Waals surface area contributed by atoms with Crippen LogP contribution in [0.3, 0.4) is 0 Å². The number of hydrogen-bond acceptors (Lipinski definition) is 3. The summed E-state index contributed by atoms with van der Waals surface area (Å²) in [5.41, 5.74) is 2.81. The fourth-order valence-corrected chi connectivity index (χ4v) is 2.62. The van der Waals surface area contributed by atoms with Gasteiger partial charge in [-0.1, -0.05) is 42.8 Å². The molecule has 1 aromatic rings. The minimum absolute atomic E-state index is 0.293. The van der Waals surface area contributed by atoms with Gasteiger partial charge in [-0.2, -0.15) is 0 Å². The molecule has 1 rings (SSSR count). The highest BCUT2D eigenvalue weighted by Crippen LogP contribution is 2.26. The van der Waals surface area contributed by atoms with E-state index in [2.05, 4.69) is 72.2 Å². The number of benzene rings is 1. The Morgan fingerprint density at radius 1 is 1.30 bits per heavy atom. The van der Waals surface area contributed by atoms with Crippen molar-refractivity contribution in [3.63, 3.8) is 0 Å². The third-order valence-electron chi connectivity index (χ3n) is 2.99. The fourth-order valence-electron chi connectivity index (χ4n) is 2.12. The summed E-state index contributed by atoms with van der Waals surface area (Å²) in [6, 6.07) is 6.56. The molecule has 1 N–H and O–H groups in total. The van der Waals surface area contributed by atoms with Crippen molar-refractivity contribution in [2.75, 3.05) is 38.8 Å². The highest BCUT2D eigenvalue weighted by molar-refractivity contribution is 9.10. The molecule has 0 saturated carbocycles. The third kappa shape index (κ3) is 6.25. The van der Waals surface area contributed by atoms with Gasteiger partial charge in [-0.25, -0.2) is 0 Å². The van der Waals surface area contributed by atoms with Gasteiger partial charge in [0, 0.05) is 44.0 Å². The molecule has 0 atom stereocenters. The first-order valence-electron chi connectivity index (χ1n) is 7.03. The first kappa shape index (κ1) is 17.5. The number of halogens is 1. The van der Waals surface area contributed by atoms with Crippen LogP contribution in [0.2, 0.25) is 0 Å². The standard InChI is InChI=1S/C16H27BrN2O/c1-16(2,3)12-19(4)14-7-6-13(15(17)10-14)11-18-8-9-20-5/h6-7,10,18H,8-9,11-12H2,1-5H3. The highest BCUT2D eigenvalue weighted by atomic mass is 79.9. The van der Waals surface area contributed by atoms with Gasteiger partial charge in [0.2, 0.25) is 0 Å². The van der Waals surface area contributed by atoms with Gasteiger partial charge in [-0.15, -0.1) is 0 Å². The Kier molecular flexibility index (Phi) is 7.00. The average molecular weight is 343 g/mol. The molecule has 0 unspecified atom stereocenters. The third-order valence-corrected chi connectivity index (χ3v) is 3.73. The maximum absolute atomic E-state index is 5.03. The first-order valence-corrected chi connectivity index (χ1v) is 7.82. The van der Waals surface area contributed by atoms with Crippen molar-refractivity contribution in [2.45, 2.75) is 27.3 Å². The minimum Gasteiger partial charge on any atom is -0.383 e. The van der Waals surface area contributed by atoms with Crippen molar-refractivity contribution in [1.29, 1.82) is 0 Å². The quantitative estimate of drug-likeness (QED) is 0.765. The van der Waals surface area contributed by atoms with Crippen LogP contribution in [0.4, 0.5) is 5.69 Å². The van der Waals surface area contributed by atoms with E-state index in [1.54, 1.807) is 7.11 Å². The Bertz CT molecular complexity index is 415. The normalized spacial score (nSPS) is 11.7. The lowest BCUT2D eigenvalue weighted by Crippen LogP contribution is -2.29. The number of nitrogens with zero attached hydrogens (tertiary/aromatic N) is 1. The lowest BCUT2D eigenvalue weighted by atomic mass is 9.96. The zero-order chi connectivity index (χ0) is 15.2. The summed E-state index contributed by atoms with van der Waals surface area (Å²) in [6.07, 6.45) is 0. The lowest BCUT2D eigenvalue weighted by molar-refractivity contribution is 0.199. The van der Waals surface area contributed by atoms with E-state index in [0.29, 0.717) is 5.41 Å². The number of anilines is 1. The van der Waals surface area contributed by atoms with Gasteiger partial charge in [-0.3, -0.25) is 0 Å². The van der Waals surface area contributed by atoms with Crippen molar-refractivity contribution >= 4 is 21.6 Å². The Morgan fingerprint density at radius 3 is 2.55 bits per heavy atom. The summed E-state index contributed by atoms with van der Waals surface area (Å²) in [4.78, 5) is 2.30. The van der Waals surface area contributed by atoms with E-state index < -0.39 is 0 Å². The first-order chi connectivity index (χ1) is 9.33. The van der Waals surface area contributed by atoms with E-state index in [1.165, 1.54) is 11.3 Å². The minimum atomic E-state index is 0.293. The van der Waals surface area contributed by atoms with Crippen molar-refractivity contribution in [1.82, 2.24) is 5.32 Å². The van der Waals surface area contributed by atoms with Gasteiger partial charge in [-0.05, 0) is 23.1 Å². The van der Waals surface area contributed by atoms with Crippen LogP contribution in [0, 0.1) is 5.41 Å². The Labute approximate surface area is 131 Å². The van der Waals surface area contributed by atoms with Gasteiger partial charge < -0.3 is 15.0 Å². The summed E-state index contributed by atoms with van der Waals surface area (Å²) in [7, 11) is 3.86. The van der Waals surface area contributed by atoms with Gasteiger partial charge in [0.05, 0.1) is 6.61 Å². The molecule has 0 heterocycles. The molecule has 0 aliphatic rings. The summed E-state index contributed by atoms with van der Waals surface area (Å²) in [6.45, 7) is 10.3. The summed E-state index contributed by atoms with van der Waals surface area (Å²) in [5, 5.41) is 3.36. The summed E-state index contributed by atoms with van der Waals surface area (Å²) >= 11 is 3.67. The summed E-state index contributed by atoms with van der Waals surface area (Å²) in [5.74, 6) is 0. The van der Waals surface area contributed by atoms with Crippen LogP contribution in [0.25, 0.3) is 0 Å². The number of nitrogens with one attached hydrogen (secondary N) is 1. The smallest absolute Gasteiger partial charge is 0.0587 e. The molecule has 0 bridgehead atoms. The van der Waals surface area contributed by atoms with Crippen molar-refractivity contribution in [3.8, 4) is 0 Å². The molecule has 0 amide bonds. The second-order valence-electron chi connectivity index (χ2n) is 6.36. The fraction of sp³-hybridized carbons (Fsp3) is 0.625. The van der Waals surface area contributed by atoms with E-state index in [4.69, 9.17) is 4.74 Å². The van der Waals surface area contributed by atoms with E-state index >= 15 is 0 Å². The molecule has 0 aromatic heterocycles. The van der Waals surface area contributed by atoms with Gasteiger partial charge >= 0.3 is 0 Å². The van der Waals surface area contributed by atoms with Crippen LogP contribution in [0.1, 0.15) is 26.3 Å². The van der Waals surface area contributed by atoms with Crippen LogP contribution in [0.5, 0.6) is 0 Å². The molecule has 114 valence electrons. The van der Waals surface area contributed by atoms with Crippen LogP contribution in [-0.2, 0) is 11.3 Å². The largest absolute Gasteiger partial charge is 0.383 e. The van der Waals surface area contributed by atoms with E-state index in [1.807, 2.05) is 0 Å².